The van der Waals surface area contributed by atoms with Gasteiger partial charge in [-0.2, -0.15) is 0 Å². The number of rotatable bonds is 7. The normalized spacial score (nSPS) is 12.7. The van der Waals surface area contributed by atoms with E-state index < -0.39 is 0 Å². The number of carbonyl (C=O) groups is 1. The van der Waals surface area contributed by atoms with Gasteiger partial charge in [0.25, 0.3) is 0 Å². The van der Waals surface area contributed by atoms with Gasteiger partial charge in [0.2, 0.25) is 0 Å². The first-order valence-corrected chi connectivity index (χ1v) is 8.72. The minimum atomic E-state index is -0.260. The van der Waals surface area contributed by atoms with E-state index in [-0.39, 0.29) is 15.5 Å². The third kappa shape index (κ3) is 4.30. The number of hydrogen-bond donors (Lipinski definition) is 0. The summed E-state index contributed by atoms with van der Waals surface area (Å²) < 4.78 is 5.24. The summed E-state index contributed by atoms with van der Waals surface area (Å²) in [7, 11) is -0.152. The summed E-state index contributed by atoms with van der Waals surface area (Å²) in [6, 6.07) is 0. The van der Waals surface area contributed by atoms with Crippen LogP contribution in [0.4, 0.5) is 0 Å². The lowest BCUT2D eigenvalue weighted by Crippen LogP contribution is -2.32. The van der Waals surface area contributed by atoms with Gasteiger partial charge in [0.05, 0.1) is 6.61 Å². The molecule has 0 aromatic carbocycles. The van der Waals surface area contributed by atoms with Crippen molar-refractivity contribution in [3.63, 3.8) is 0 Å². The zero-order valence-electron chi connectivity index (χ0n) is 12.3. The van der Waals surface area contributed by atoms with E-state index in [2.05, 4.69) is 40.8 Å². The average molecular weight is 256 g/mol. The minimum absolute atomic E-state index is 0.152. The van der Waals surface area contributed by atoms with E-state index >= 15 is 0 Å². The van der Waals surface area contributed by atoms with Crippen LogP contribution in [0.2, 0.25) is 11.6 Å². The molecular weight excluding hydrogens is 228 g/mol. The van der Waals surface area contributed by atoms with Crippen LogP contribution in [0.3, 0.4) is 0 Å². The van der Waals surface area contributed by atoms with Crippen molar-refractivity contribution in [1.82, 2.24) is 0 Å². The number of carbonyl (C=O) groups excluding carboxylic acids is 1. The van der Waals surface area contributed by atoms with Crippen LogP contribution < -0.4 is 0 Å². The van der Waals surface area contributed by atoms with Gasteiger partial charge < -0.3 is 4.74 Å². The van der Waals surface area contributed by atoms with Gasteiger partial charge in [-0.3, -0.25) is 0 Å². The third-order valence-corrected chi connectivity index (χ3v) is 7.41. The van der Waals surface area contributed by atoms with Gasteiger partial charge in [-0.05, 0) is 30.2 Å². The second-order valence-corrected chi connectivity index (χ2v) is 7.59. The summed E-state index contributed by atoms with van der Waals surface area (Å²) in [5.74, 6) is 1.05. The molecule has 0 radical (unpaired) electrons. The molecule has 0 aromatic rings. The molecule has 0 rings (SSSR count). The van der Waals surface area contributed by atoms with Gasteiger partial charge in [0, 0.05) is 15.1 Å². The lowest BCUT2D eigenvalue weighted by Gasteiger charge is -2.40. The maximum Gasteiger partial charge on any atom is 0.333 e. The van der Waals surface area contributed by atoms with Crippen LogP contribution in [0.5, 0.6) is 0 Å². The Morgan fingerprint density at radius 3 is 2.06 bits per heavy atom. The Bertz CT molecular complexity index is 261. The number of ether oxygens (including phenoxy) is 1. The first-order chi connectivity index (χ1) is 7.77. The van der Waals surface area contributed by atoms with E-state index in [1.54, 1.807) is 6.92 Å². The molecular formula is C14H28O2Si. The summed E-state index contributed by atoms with van der Waals surface area (Å²) in [6.45, 7) is 17.3. The fourth-order valence-electron chi connectivity index (χ4n) is 2.69. The molecule has 3 heteroatoms. The van der Waals surface area contributed by atoms with Crippen molar-refractivity contribution in [3.05, 3.63) is 12.2 Å². The highest BCUT2D eigenvalue weighted by Crippen LogP contribution is 2.45. The van der Waals surface area contributed by atoms with E-state index in [4.69, 9.17) is 4.74 Å². The summed E-state index contributed by atoms with van der Waals surface area (Å²) in [5.41, 5.74) is 0.485. The first-order valence-electron chi connectivity index (χ1n) is 6.60. The molecule has 0 amide bonds. The maximum atomic E-state index is 11.3. The molecule has 0 aliphatic carbocycles. The second kappa shape index (κ2) is 6.99. The Kier molecular flexibility index (Phi) is 6.76. The zero-order valence-corrected chi connectivity index (χ0v) is 13.7. The molecule has 0 aliphatic heterocycles. The molecule has 100 valence electrons. The van der Waals surface area contributed by atoms with Crippen molar-refractivity contribution in [2.24, 2.45) is 11.8 Å². The molecule has 17 heavy (non-hydrogen) atoms. The standard InChI is InChI=1S/C14H28O2Si/c1-10(2)13(15)16-9-8-14(17-7,11(3)4)12(5)6/h11-12H,1,8-9,17H2,2-7H3. The number of hydrogen-bond acceptors (Lipinski definition) is 2. The van der Waals surface area contributed by atoms with Crippen LogP contribution in [-0.4, -0.2) is 22.1 Å². The molecule has 0 atom stereocenters. The van der Waals surface area contributed by atoms with Gasteiger partial charge in [0.1, 0.15) is 0 Å². The third-order valence-electron chi connectivity index (χ3n) is 4.11. The Morgan fingerprint density at radius 2 is 1.76 bits per heavy atom. The summed E-state index contributed by atoms with van der Waals surface area (Å²) >= 11 is 0. The highest BCUT2D eigenvalue weighted by atomic mass is 28.2. The predicted octanol–water partition coefficient (Wildman–Crippen LogP) is 3.18. The molecule has 2 nitrogen and oxygen atoms in total. The fraction of sp³-hybridized carbons (Fsp3) is 0.786. The van der Waals surface area contributed by atoms with Crippen molar-refractivity contribution < 1.29 is 9.53 Å². The molecule has 0 N–H and O–H groups in total. The van der Waals surface area contributed by atoms with Crippen LogP contribution in [0.1, 0.15) is 41.0 Å². The van der Waals surface area contributed by atoms with E-state index in [1.165, 1.54) is 0 Å². The fourth-order valence-corrected chi connectivity index (χ4v) is 4.83. The van der Waals surface area contributed by atoms with Crippen molar-refractivity contribution in [2.75, 3.05) is 6.61 Å². The quantitative estimate of drug-likeness (QED) is 0.397. The van der Waals surface area contributed by atoms with Crippen LogP contribution >= 0.6 is 0 Å². The highest BCUT2D eigenvalue weighted by Gasteiger charge is 2.35. The van der Waals surface area contributed by atoms with Gasteiger partial charge in [-0.1, -0.05) is 40.8 Å². The molecule has 0 saturated carbocycles. The van der Waals surface area contributed by atoms with Crippen LogP contribution in [0.15, 0.2) is 12.2 Å². The largest absolute Gasteiger partial charge is 0.462 e. The topological polar surface area (TPSA) is 26.3 Å². The Morgan fingerprint density at radius 1 is 1.29 bits per heavy atom. The molecule has 0 unspecified atom stereocenters. The van der Waals surface area contributed by atoms with Crippen molar-refractivity contribution in [1.29, 1.82) is 0 Å². The predicted molar refractivity (Wildman–Crippen MR) is 77.2 cm³/mol. The highest BCUT2D eigenvalue weighted by molar-refractivity contribution is 6.38. The Labute approximate surface area is 109 Å². The molecule has 0 bridgehead atoms. The molecule has 0 saturated heterocycles. The van der Waals surface area contributed by atoms with Crippen molar-refractivity contribution in [2.45, 2.75) is 52.6 Å². The summed E-state index contributed by atoms with van der Waals surface area (Å²) in [6.07, 6.45) is 0.990. The lowest BCUT2D eigenvalue weighted by molar-refractivity contribution is -0.139. The average Bonchev–Trinajstić information content (AvgIpc) is 2.22. The molecule has 0 spiro atoms. The minimum Gasteiger partial charge on any atom is -0.462 e. The molecule has 0 aliphatic rings. The van der Waals surface area contributed by atoms with Gasteiger partial charge in [-0.15, -0.1) is 0 Å². The SMILES string of the molecule is C=C(C)C(=O)OCCC([SiH2]C)(C(C)C)C(C)C. The Hall–Kier alpha value is -0.573. The van der Waals surface area contributed by atoms with E-state index in [0.29, 0.717) is 29.1 Å². The maximum absolute atomic E-state index is 11.3. The molecule has 0 aromatic heterocycles. The van der Waals surface area contributed by atoms with Gasteiger partial charge >= 0.3 is 5.97 Å². The van der Waals surface area contributed by atoms with Crippen molar-refractivity contribution in [3.8, 4) is 0 Å². The smallest absolute Gasteiger partial charge is 0.333 e. The van der Waals surface area contributed by atoms with Crippen LogP contribution in [-0.2, 0) is 9.53 Å². The zero-order chi connectivity index (χ0) is 13.6. The van der Waals surface area contributed by atoms with Gasteiger partial charge in [0.15, 0.2) is 0 Å². The van der Waals surface area contributed by atoms with Gasteiger partial charge in [-0.25, -0.2) is 4.79 Å². The first kappa shape index (κ1) is 16.4. The second-order valence-electron chi connectivity index (χ2n) is 5.56. The number of esters is 1. The van der Waals surface area contributed by atoms with Crippen molar-refractivity contribution >= 4 is 15.5 Å². The molecule has 0 fully saturated rings. The van der Waals surface area contributed by atoms with E-state index in [1.807, 2.05) is 0 Å². The van der Waals surface area contributed by atoms with Crippen LogP contribution in [0.25, 0.3) is 0 Å². The van der Waals surface area contributed by atoms with E-state index in [9.17, 15) is 4.79 Å². The monoisotopic (exact) mass is 256 g/mol. The van der Waals surface area contributed by atoms with Crippen LogP contribution in [0, 0.1) is 11.8 Å². The van der Waals surface area contributed by atoms with E-state index in [0.717, 1.165) is 6.42 Å². The summed E-state index contributed by atoms with van der Waals surface area (Å²) in [5, 5.41) is 0.398. The summed E-state index contributed by atoms with van der Waals surface area (Å²) in [4.78, 5) is 11.3. The molecule has 0 heterocycles. The Balaban J connectivity index is 4.47. The lowest BCUT2D eigenvalue weighted by atomic mass is 9.81.